The van der Waals surface area contributed by atoms with E-state index in [1.54, 1.807) is 11.3 Å². The molecule has 1 aromatic heterocycles. The molecule has 0 atom stereocenters. The van der Waals surface area contributed by atoms with Gasteiger partial charge in [-0.3, -0.25) is 4.79 Å². The van der Waals surface area contributed by atoms with Crippen molar-refractivity contribution in [3.63, 3.8) is 0 Å². The molecular weight excluding hydrogens is 308 g/mol. The smallest absolute Gasteiger partial charge is 0.175 e. The van der Waals surface area contributed by atoms with Gasteiger partial charge in [0.05, 0.1) is 4.88 Å². The number of rotatable bonds is 3. The highest BCUT2D eigenvalue weighted by atomic mass is 79.9. The average Bonchev–Trinajstić information content (AvgIpc) is 3.09. The van der Waals surface area contributed by atoms with Gasteiger partial charge in [-0.05, 0) is 55.2 Å². The molecule has 1 nitrogen and oxygen atoms in total. The number of carbonyl (C=O) groups excluding carboxylic acids is 1. The lowest BCUT2D eigenvalue weighted by molar-refractivity contribution is 0.0971. The van der Waals surface area contributed by atoms with Crippen LogP contribution in [-0.4, -0.2) is 5.78 Å². The van der Waals surface area contributed by atoms with Crippen molar-refractivity contribution in [3.8, 4) is 10.4 Å². The van der Waals surface area contributed by atoms with Crippen molar-refractivity contribution in [1.82, 2.24) is 0 Å². The average molecular weight is 321 g/mol. The maximum atomic E-state index is 12.0. The van der Waals surface area contributed by atoms with Crippen LogP contribution in [0.2, 0.25) is 0 Å². The van der Waals surface area contributed by atoms with Crippen LogP contribution in [0.25, 0.3) is 10.4 Å². The van der Waals surface area contributed by atoms with Crippen molar-refractivity contribution in [2.24, 2.45) is 5.92 Å². The standard InChI is InChI=1S/C15H13BrOS/c1-9-2-5-11(16)8-12(9)13-6-7-14(18-13)15(17)10-3-4-10/h2,5-8,10H,3-4H2,1H3. The molecular formula is C15H13BrOS. The van der Waals surface area contributed by atoms with Gasteiger partial charge >= 0.3 is 0 Å². The van der Waals surface area contributed by atoms with Crippen LogP contribution in [0.15, 0.2) is 34.8 Å². The molecule has 0 radical (unpaired) electrons. The largest absolute Gasteiger partial charge is 0.293 e. The summed E-state index contributed by atoms with van der Waals surface area (Å²) in [5.74, 6) is 0.638. The molecule has 18 heavy (non-hydrogen) atoms. The van der Waals surface area contributed by atoms with Crippen molar-refractivity contribution in [2.75, 3.05) is 0 Å². The Hall–Kier alpha value is -0.930. The first-order valence-corrected chi connectivity index (χ1v) is 7.66. The third-order valence-corrected chi connectivity index (χ3v) is 4.89. The van der Waals surface area contributed by atoms with Crippen LogP contribution in [0.1, 0.15) is 28.1 Å². The van der Waals surface area contributed by atoms with Gasteiger partial charge in [0, 0.05) is 15.3 Å². The Morgan fingerprint density at radius 2 is 2.06 bits per heavy atom. The van der Waals surface area contributed by atoms with Crippen LogP contribution in [0, 0.1) is 12.8 Å². The molecule has 0 saturated heterocycles. The predicted molar refractivity (Wildman–Crippen MR) is 79.2 cm³/mol. The molecule has 3 rings (SSSR count). The first-order chi connectivity index (χ1) is 8.65. The maximum absolute atomic E-state index is 12.0. The molecule has 1 aliphatic rings. The Morgan fingerprint density at radius 3 is 2.78 bits per heavy atom. The van der Waals surface area contributed by atoms with E-state index in [2.05, 4.69) is 41.1 Å². The SMILES string of the molecule is Cc1ccc(Br)cc1-c1ccc(C(=O)C2CC2)s1. The lowest BCUT2D eigenvalue weighted by Gasteiger charge is -2.03. The zero-order chi connectivity index (χ0) is 12.7. The van der Waals surface area contributed by atoms with Gasteiger partial charge in [-0.25, -0.2) is 0 Å². The minimum atomic E-state index is 0.306. The van der Waals surface area contributed by atoms with E-state index < -0.39 is 0 Å². The second-order valence-electron chi connectivity index (χ2n) is 4.76. The number of Topliss-reactive ketones (excluding diaryl/α,β-unsaturated/α-hetero) is 1. The lowest BCUT2D eigenvalue weighted by atomic mass is 10.1. The van der Waals surface area contributed by atoms with Gasteiger partial charge in [-0.2, -0.15) is 0 Å². The predicted octanol–water partition coefficient (Wildman–Crippen LogP) is 5.08. The number of thiophene rings is 1. The van der Waals surface area contributed by atoms with Crippen molar-refractivity contribution < 1.29 is 4.79 Å². The van der Waals surface area contributed by atoms with Gasteiger partial charge in [0.15, 0.2) is 5.78 Å². The van der Waals surface area contributed by atoms with Crippen LogP contribution in [-0.2, 0) is 0 Å². The van der Waals surface area contributed by atoms with E-state index in [4.69, 9.17) is 0 Å². The Morgan fingerprint density at radius 1 is 1.28 bits per heavy atom. The molecule has 0 N–H and O–H groups in total. The van der Waals surface area contributed by atoms with Crippen molar-refractivity contribution in [1.29, 1.82) is 0 Å². The summed E-state index contributed by atoms with van der Waals surface area (Å²) in [6, 6.07) is 10.3. The molecule has 1 aromatic carbocycles. The molecule has 1 saturated carbocycles. The Kier molecular flexibility index (Phi) is 3.12. The zero-order valence-electron chi connectivity index (χ0n) is 10.1. The highest BCUT2D eigenvalue weighted by molar-refractivity contribution is 9.10. The highest BCUT2D eigenvalue weighted by Gasteiger charge is 2.31. The van der Waals surface area contributed by atoms with E-state index in [-0.39, 0.29) is 0 Å². The molecule has 0 aliphatic heterocycles. The summed E-state index contributed by atoms with van der Waals surface area (Å²) in [7, 11) is 0. The fraction of sp³-hybridized carbons (Fsp3) is 0.267. The third-order valence-electron chi connectivity index (χ3n) is 3.26. The molecule has 3 heteroatoms. The summed E-state index contributed by atoms with van der Waals surface area (Å²) in [5, 5.41) is 0. The fourth-order valence-electron chi connectivity index (χ4n) is 2.02. The number of benzene rings is 1. The molecule has 0 amide bonds. The third kappa shape index (κ3) is 2.29. The number of carbonyl (C=O) groups is 1. The highest BCUT2D eigenvalue weighted by Crippen LogP contribution is 2.37. The summed E-state index contributed by atoms with van der Waals surface area (Å²) < 4.78 is 1.08. The van der Waals surface area contributed by atoms with Crippen molar-refractivity contribution >= 4 is 33.0 Å². The van der Waals surface area contributed by atoms with E-state index in [0.717, 1.165) is 22.2 Å². The number of halogens is 1. The van der Waals surface area contributed by atoms with Crippen LogP contribution in [0.5, 0.6) is 0 Å². The van der Waals surface area contributed by atoms with Gasteiger partial charge in [0.1, 0.15) is 0 Å². The Bertz CT molecular complexity index is 611. The first-order valence-electron chi connectivity index (χ1n) is 6.06. The number of hydrogen-bond donors (Lipinski definition) is 0. The summed E-state index contributed by atoms with van der Waals surface area (Å²) >= 11 is 5.12. The molecule has 0 spiro atoms. The Labute approximate surface area is 119 Å². The molecule has 2 aromatic rings. The summed E-state index contributed by atoms with van der Waals surface area (Å²) in [6.45, 7) is 2.10. The fourth-order valence-corrected chi connectivity index (χ4v) is 3.49. The summed E-state index contributed by atoms with van der Waals surface area (Å²) in [5.41, 5.74) is 2.45. The number of ketones is 1. The van der Waals surface area contributed by atoms with Crippen LogP contribution in [0.4, 0.5) is 0 Å². The molecule has 92 valence electrons. The molecule has 1 heterocycles. The van der Waals surface area contributed by atoms with E-state index in [1.165, 1.54) is 16.0 Å². The Balaban J connectivity index is 1.97. The summed E-state index contributed by atoms with van der Waals surface area (Å²) in [6.07, 6.45) is 2.14. The van der Waals surface area contributed by atoms with E-state index in [1.807, 2.05) is 12.1 Å². The topological polar surface area (TPSA) is 17.1 Å². The quantitative estimate of drug-likeness (QED) is 0.721. The van der Waals surface area contributed by atoms with Crippen molar-refractivity contribution in [3.05, 3.63) is 45.2 Å². The van der Waals surface area contributed by atoms with Crippen LogP contribution < -0.4 is 0 Å². The minimum absolute atomic E-state index is 0.306. The van der Waals surface area contributed by atoms with E-state index in [9.17, 15) is 4.79 Å². The number of hydrogen-bond acceptors (Lipinski definition) is 2. The second kappa shape index (κ2) is 4.63. The molecule has 1 fully saturated rings. The molecule has 1 aliphatic carbocycles. The van der Waals surface area contributed by atoms with Gasteiger partial charge < -0.3 is 0 Å². The maximum Gasteiger partial charge on any atom is 0.175 e. The lowest BCUT2D eigenvalue weighted by Crippen LogP contribution is -1.96. The van der Waals surface area contributed by atoms with Gasteiger partial charge in [-0.1, -0.05) is 22.0 Å². The monoisotopic (exact) mass is 320 g/mol. The molecule has 0 unspecified atom stereocenters. The normalized spacial score (nSPS) is 14.8. The summed E-state index contributed by atoms with van der Waals surface area (Å²) in [4.78, 5) is 14.1. The van der Waals surface area contributed by atoms with Gasteiger partial charge in [0.25, 0.3) is 0 Å². The first kappa shape index (κ1) is 12.1. The molecule has 0 bridgehead atoms. The van der Waals surface area contributed by atoms with Crippen molar-refractivity contribution in [2.45, 2.75) is 19.8 Å². The van der Waals surface area contributed by atoms with E-state index >= 15 is 0 Å². The number of aryl methyl sites for hydroxylation is 1. The van der Waals surface area contributed by atoms with E-state index in [0.29, 0.717) is 11.7 Å². The van der Waals surface area contributed by atoms with Crippen LogP contribution >= 0.6 is 27.3 Å². The minimum Gasteiger partial charge on any atom is -0.293 e. The van der Waals surface area contributed by atoms with Crippen LogP contribution in [0.3, 0.4) is 0 Å². The second-order valence-corrected chi connectivity index (χ2v) is 6.76. The van der Waals surface area contributed by atoms with Gasteiger partial charge in [-0.15, -0.1) is 11.3 Å². The van der Waals surface area contributed by atoms with Gasteiger partial charge in [0.2, 0.25) is 0 Å². The zero-order valence-corrected chi connectivity index (χ0v) is 12.5.